The van der Waals surface area contributed by atoms with Crippen molar-refractivity contribution in [2.45, 2.75) is 39.7 Å². The molecule has 1 heterocycles. The van der Waals surface area contributed by atoms with Crippen LogP contribution in [-0.4, -0.2) is 30.5 Å². The smallest absolute Gasteiger partial charge is 0.334 e. The van der Waals surface area contributed by atoms with Crippen LogP contribution in [-0.2, 0) is 14.8 Å². The Morgan fingerprint density at radius 1 is 1.31 bits per heavy atom. The zero-order valence-corrected chi connectivity index (χ0v) is 17.3. The lowest BCUT2D eigenvalue weighted by molar-refractivity contribution is -0.384. The van der Waals surface area contributed by atoms with Gasteiger partial charge in [-0.15, -0.1) is 0 Å². The Hall–Kier alpha value is -2.98. The first-order valence-corrected chi connectivity index (χ1v) is 10.3. The summed E-state index contributed by atoms with van der Waals surface area (Å²) in [5.41, 5.74) is 1.52. The molecule has 1 aliphatic rings. The van der Waals surface area contributed by atoms with Crippen LogP contribution in [0.25, 0.3) is 0 Å². The molecule has 0 saturated carbocycles. The Morgan fingerprint density at radius 2 is 1.97 bits per heavy atom. The third-order valence-corrected chi connectivity index (χ3v) is 5.58. The number of carbonyl (C=O) groups is 1. The molecule has 0 bridgehead atoms. The summed E-state index contributed by atoms with van der Waals surface area (Å²) < 4.78 is 26.8. The van der Waals surface area contributed by atoms with E-state index < -0.39 is 26.8 Å². The summed E-state index contributed by atoms with van der Waals surface area (Å²) in [4.78, 5) is 22.6. The Morgan fingerprint density at radius 3 is 2.52 bits per heavy atom. The van der Waals surface area contributed by atoms with Gasteiger partial charge in [-0.05, 0) is 44.9 Å². The summed E-state index contributed by atoms with van der Waals surface area (Å²) in [5, 5.41) is 24.9. The van der Waals surface area contributed by atoms with Crippen molar-refractivity contribution in [3.8, 4) is 0 Å². The highest BCUT2D eigenvalue weighted by molar-refractivity contribution is 7.92. The zero-order valence-electron chi connectivity index (χ0n) is 16.5. The van der Waals surface area contributed by atoms with E-state index in [2.05, 4.69) is 10.0 Å². The number of hydrogen-bond donors (Lipinski definition) is 3. The molecule has 29 heavy (non-hydrogen) atoms. The number of nitro benzene ring substituents is 1. The highest BCUT2D eigenvalue weighted by atomic mass is 32.2. The number of rotatable bonds is 7. The molecule has 0 saturated heterocycles. The molecule has 9 nitrogen and oxygen atoms in total. The van der Waals surface area contributed by atoms with E-state index in [-0.39, 0.29) is 17.3 Å². The summed E-state index contributed by atoms with van der Waals surface area (Å²) in [6.07, 6.45) is 1.33. The minimum absolute atomic E-state index is 0.00929. The molecule has 0 radical (unpaired) electrons. The van der Waals surface area contributed by atoms with Gasteiger partial charge in [0.15, 0.2) is 0 Å². The number of non-ortho nitro benzene ring substituents is 1. The van der Waals surface area contributed by atoms with Crippen molar-refractivity contribution in [3.05, 3.63) is 74.0 Å². The number of sulfonamides is 1. The van der Waals surface area contributed by atoms with Crippen LogP contribution in [0.15, 0.2) is 58.3 Å². The van der Waals surface area contributed by atoms with Gasteiger partial charge in [-0.3, -0.25) is 10.1 Å². The van der Waals surface area contributed by atoms with Crippen molar-refractivity contribution >= 4 is 21.7 Å². The number of nitro groups is 1. The summed E-state index contributed by atoms with van der Waals surface area (Å²) >= 11 is 0. The highest BCUT2D eigenvalue weighted by Gasteiger charge is 2.33. The highest BCUT2D eigenvalue weighted by Crippen LogP contribution is 2.39. The molecule has 1 aliphatic heterocycles. The first-order valence-electron chi connectivity index (χ1n) is 8.79. The lowest BCUT2D eigenvalue weighted by Crippen LogP contribution is -2.29. The average molecular weight is 421 g/mol. The van der Waals surface area contributed by atoms with Crippen molar-refractivity contribution in [1.82, 2.24) is 10.0 Å². The fraction of sp³-hybridized carbons (Fsp3) is 0.316. The minimum Gasteiger partial charge on any atom is -0.478 e. The van der Waals surface area contributed by atoms with Gasteiger partial charge >= 0.3 is 5.97 Å². The molecule has 2 rings (SSSR count). The number of allylic oxidation sites excluding steroid dienone is 4. The van der Waals surface area contributed by atoms with Crippen LogP contribution < -0.4 is 10.0 Å². The van der Waals surface area contributed by atoms with Gasteiger partial charge in [-0.25, -0.2) is 17.9 Å². The minimum atomic E-state index is -3.75. The second-order valence-electron chi connectivity index (χ2n) is 6.95. The Labute approximate surface area is 169 Å². The lowest BCUT2D eigenvalue weighted by Gasteiger charge is -2.29. The Bertz CT molecular complexity index is 1040. The van der Waals surface area contributed by atoms with E-state index in [1.807, 2.05) is 0 Å². The van der Waals surface area contributed by atoms with E-state index in [4.69, 9.17) is 0 Å². The molecule has 1 aromatic rings. The van der Waals surface area contributed by atoms with Crippen LogP contribution in [0.1, 0.15) is 39.2 Å². The molecule has 0 amide bonds. The number of hydrogen-bond acceptors (Lipinski definition) is 6. The van der Waals surface area contributed by atoms with E-state index in [1.54, 1.807) is 33.8 Å². The summed E-state index contributed by atoms with van der Waals surface area (Å²) in [7, 11) is -3.75. The average Bonchev–Trinajstić information content (AvgIpc) is 2.58. The Kier molecular flexibility index (Phi) is 6.60. The fourth-order valence-electron chi connectivity index (χ4n) is 3.21. The predicted octanol–water partition coefficient (Wildman–Crippen LogP) is 2.76. The third-order valence-electron chi connectivity index (χ3n) is 4.28. The van der Waals surface area contributed by atoms with Crippen LogP contribution in [0.4, 0.5) is 5.69 Å². The monoisotopic (exact) mass is 421 g/mol. The molecular formula is C19H23N3O6S. The van der Waals surface area contributed by atoms with Crippen molar-refractivity contribution in [3.63, 3.8) is 0 Å². The number of carboxylic acid groups (broad SMARTS) is 1. The zero-order chi connectivity index (χ0) is 21.9. The molecule has 0 aliphatic carbocycles. The van der Waals surface area contributed by atoms with Gasteiger partial charge in [0.2, 0.25) is 10.0 Å². The van der Waals surface area contributed by atoms with Gasteiger partial charge < -0.3 is 10.4 Å². The number of dihydropyridines is 1. The van der Waals surface area contributed by atoms with Crippen LogP contribution in [0.5, 0.6) is 0 Å². The van der Waals surface area contributed by atoms with Crippen LogP contribution >= 0.6 is 0 Å². The molecule has 1 atom stereocenters. The normalized spacial score (nSPS) is 17.8. The van der Waals surface area contributed by atoms with Crippen LogP contribution in [0, 0.1) is 10.1 Å². The Balaban J connectivity index is 2.64. The maximum Gasteiger partial charge on any atom is 0.334 e. The number of nitrogens with zero attached hydrogens (tertiary/aromatic N) is 1. The number of nitrogens with one attached hydrogen (secondary N) is 2. The van der Waals surface area contributed by atoms with Crippen molar-refractivity contribution in [1.29, 1.82) is 0 Å². The first-order chi connectivity index (χ1) is 13.4. The second kappa shape index (κ2) is 8.58. The topological polar surface area (TPSA) is 139 Å². The predicted molar refractivity (Wildman–Crippen MR) is 108 cm³/mol. The molecule has 0 spiro atoms. The summed E-state index contributed by atoms with van der Waals surface area (Å²) in [6.45, 7) is 6.64. The van der Waals surface area contributed by atoms with Gasteiger partial charge in [0, 0.05) is 40.9 Å². The maximum atomic E-state index is 12.2. The van der Waals surface area contributed by atoms with Crippen molar-refractivity contribution in [2.75, 3.05) is 0 Å². The number of benzene rings is 1. The van der Waals surface area contributed by atoms with Gasteiger partial charge in [-0.2, -0.15) is 0 Å². The molecule has 10 heteroatoms. The third kappa shape index (κ3) is 5.30. The van der Waals surface area contributed by atoms with Crippen LogP contribution in [0.3, 0.4) is 0 Å². The molecule has 1 aromatic carbocycles. The quantitative estimate of drug-likeness (QED) is 0.454. The second-order valence-corrected chi connectivity index (χ2v) is 8.55. The van der Waals surface area contributed by atoms with Crippen molar-refractivity contribution < 1.29 is 23.2 Å². The van der Waals surface area contributed by atoms with Crippen molar-refractivity contribution in [2.24, 2.45) is 0 Å². The molecule has 3 N–H and O–H groups in total. The van der Waals surface area contributed by atoms with Gasteiger partial charge in [0.05, 0.1) is 10.5 Å². The summed E-state index contributed by atoms with van der Waals surface area (Å²) in [5.74, 6) is -2.08. The molecule has 0 fully saturated rings. The van der Waals surface area contributed by atoms with Gasteiger partial charge in [-0.1, -0.05) is 12.1 Å². The number of aliphatic carboxylic acids is 1. The van der Waals surface area contributed by atoms with Crippen LogP contribution in [0.2, 0.25) is 0 Å². The molecule has 156 valence electrons. The van der Waals surface area contributed by atoms with E-state index in [0.29, 0.717) is 22.5 Å². The number of carboxylic acids is 1. The largest absolute Gasteiger partial charge is 0.478 e. The SMILES string of the molecule is CC1=C(C=CS(=O)(=O)NC(C)C)[C@H](c2cccc([N+](=O)[O-])c2)C(C(=O)O)=C(C)N1. The first kappa shape index (κ1) is 22.3. The van der Waals surface area contributed by atoms with Gasteiger partial charge in [0.25, 0.3) is 5.69 Å². The molecule has 0 unspecified atom stereocenters. The molecule has 0 aromatic heterocycles. The molecular weight excluding hydrogens is 398 g/mol. The maximum absolute atomic E-state index is 12.2. The lowest BCUT2D eigenvalue weighted by atomic mass is 9.80. The fourth-order valence-corrected chi connectivity index (χ4v) is 4.27. The standard InChI is InChI=1S/C19H23N3O6S/c1-11(2)21-29(27,28)9-8-16-12(3)20-13(4)17(19(23)24)18(16)14-6-5-7-15(10-14)22(25)26/h5-11,18,20-21H,1-4H3,(H,23,24)/t18-/m0/s1. The van der Waals surface area contributed by atoms with E-state index in [9.17, 15) is 28.4 Å². The van der Waals surface area contributed by atoms with E-state index in [1.165, 1.54) is 24.3 Å². The van der Waals surface area contributed by atoms with E-state index in [0.717, 1.165) is 5.41 Å². The van der Waals surface area contributed by atoms with E-state index >= 15 is 0 Å². The summed E-state index contributed by atoms with van der Waals surface area (Å²) in [6, 6.07) is 5.35. The van der Waals surface area contributed by atoms with Gasteiger partial charge in [0.1, 0.15) is 0 Å².